The van der Waals surface area contributed by atoms with Crippen LogP contribution in [0.15, 0.2) is 9.98 Å². The van der Waals surface area contributed by atoms with E-state index in [0.717, 1.165) is 22.2 Å². The van der Waals surface area contributed by atoms with Crippen LogP contribution in [0.3, 0.4) is 0 Å². The third kappa shape index (κ3) is 1.74. The van der Waals surface area contributed by atoms with Crippen molar-refractivity contribution in [1.82, 2.24) is 5.32 Å². The minimum Gasteiger partial charge on any atom is -0.505 e. The highest BCUT2D eigenvalue weighted by molar-refractivity contribution is 5.75. The number of nitrogens with two attached hydrogens (primary N) is 1. The van der Waals surface area contributed by atoms with Crippen molar-refractivity contribution in [3.8, 4) is 5.75 Å². The second kappa shape index (κ2) is 5.08. The van der Waals surface area contributed by atoms with Crippen LogP contribution in [0.5, 0.6) is 5.75 Å². The number of nitrogens with zero attached hydrogens (tertiary/aromatic N) is 3. The zero-order valence-corrected chi connectivity index (χ0v) is 14.7. The number of phenols is 1. The molecule has 4 aliphatic rings. The average molecular weight is 359 g/mol. The van der Waals surface area contributed by atoms with Crippen molar-refractivity contribution in [1.29, 1.82) is 0 Å². The maximum Gasteiger partial charge on any atom is 0.404 e. The fourth-order valence-electron chi connectivity index (χ4n) is 4.99. The summed E-state index contributed by atoms with van der Waals surface area (Å²) >= 11 is 0. The lowest BCUT2D eigenvalue weighted by Crippen LogP contribution is -2.54. The van der Waals surface area contributed by atoms with Crippen LogP contribution in [0.1, 0.15) is 17.0 Å². The third-order valence-electron chi connectivity index (χ3n) is 6.08. The van der Waals surface area contributed by atoms with Crippen LogP contribution in [0, 0.1) is 6.92 Å². The van der Waals surface area contributed by atoms with Crippen LogP contribution < -0.4 is 26.7 Å². The Kier molecular flexibility index (Phi) is 3.09. The number of amides is 1. The van der Waals surface area contributed by atoms with Gasteiger partial charge in [0.15, 0.2) is 5.72 Å². The number of nitrogens with one attached hydrogen (secondary N) is 1. The lowest BCUT2D eigenvalue weighted by molar-refractivity contribution is -0.0336. The van der Waals surface area contributed by atoms with Gasteiger partial charge in [0.05, 0.1) is 41.5 Å². The Morgan fingerprint density at radius 2 is 2.15 bits per heavy atom. The third-order valence-corrected chi connectivity index (χ3v) is 6.08. The molecule has 0 radical (unpaired) electrons. The Hall–Kier alpha value is -2.39. The molecule has 0 unspecified atom stereocenters. The second-order valence-corrected chi connectivity index (χ2v) is 7.20. The molecule has 0 bridgehead atoms. The van der Waals surface area contributed by atoms with E-state index in [1.54, 1.807) is 7.11 Å². The quantitative estimate of drug-likeness (QED) is 0.572. The van der Waals surface area contributed by atoms with Crippen LogP contribution in [-0.2, 0) is 9.47 Å². The summed E-state index contributed by atoms with van der Waals surface area (Å²) in [5.74, 6) is -0.124. The average Bonchev–Trinajstić information content (AvgIpc) is 3.24. The van der Waals surface area contributed by atoms with Crippen molar-refractivity contribution >= 4 is 11.8 Å². The van der Waals surface area contributed by atoms with Gasteiger partial charge < -0.3 is 30.5 Å². The number of aromatic hydroxyl groups is 1. The SMILES string of the molecule is CO[C@@]12[C@H](COC(N)=O)c3c(c(O)c(C)c4c3=NCCN=4)N1C[C@@H]1N[C@@H]12. The van der Waals surface area contributed by atoms with Gasteiger partial charge in [-0.1, -0.05) is 0 Å². The minimum atomic E-state index is -0.832. The van der Waals surface area contributed by atoms with Gasteiger partial charge in [-0.2, -0.15) is 0 Å². The van der Waals surface area contributed by atoms with E-state index < -0.39 is 11.8 Å². The summed E-state index contributed by atoms with van der Waals surface area (Å²) in [4.78, 5) is 22.7. The Morgan fingerprint density at radius 1 is 1.42 bits per heavy atom. The minimum absolute atomic E-state index is 0.0576. The van der Waals surface area contributed by atoms with E-state index in [2.05, 4.69) is 15.2 Å². The number of hydrogen-bond donors (Lipinski definition) is 3. The van der Waals surface area contributed by atoms with Crippen molar-refractivity contribution in [2.45, 2.75) is 30.7 Å². The van der Waals surface area contributed by atoms with Crippen LogP contribution in [-0.4, -0.2) is 62.4 Å². The smallest absolute Gasteiger partial charge is 0.404 e. The van der Waals surface area contributed by atoms with Crippen molar-refractivity contribution in [3.05, 3.63) is 21.8 Å². The van der Waals surface area contributed by atoms with Crippen molar-refractivity contribution in [2.75, 3.05) is 38.3 Å². The summed E-state index contributed by atoms with van der Waals surface area (Å²) in [5, 5.41) is 15.9. The molecule has 2 saturated heterocycles. The van der Waals surface area contributed by atoms with Gasteiger partial charge in [-0.25, -0.2) is 4.79 Å². The normalized spacial score (nSPS) is 32.7. The van der Waals surface area contributed by atoms with Crippen LogP contribution in [0.25, 0.3) is 0 Å². The number of carbonyl (C=O) groups is 1. The monoisotopic (exact) mass is 359 g/mol. The van der Waals surface area contributed by atoms with Gasteiger partial charge in [-0.15, -0.1) is 0 Å². The Morgan fingerprint density at radius 3 is 2.85 bits per heavy atom. The van der Waals surface area contributed by atoms with Gasteiger partial charge in [0, 0.05) is 30.8 Å². The Bertz CT molecular complexity index is 948. The molecule has 0 aromatic heterocycles. The van der Waals surface area contributed by atoms with E-state index in [4.69, 9.17) is 20.2 Å². The van der Waals surface area contributed by atoms with E-state index in [9.17, 15) is 9.90 Å². The molecule has 4 aliphatic heterocycles. The molecule has 1 aromatic rings. The summed E-state index contributed by atoms with van der Waals surface area (Å²) in [6, 6.07) is 0.383. The zero-order valence-electron chi connectivity index (χ0n) is 14.7. The largest absolute Gasteiger partial charge is 0.505 e. The Balaban J connectivity index is 1.80. The van der Waals surface area contributed by atoms with E-state index >= 15 is 0 Å². The standard InChI is InChI=1S/C17H21N5O4/c1-7-11-12(20-4-3-19-11)10-8(6-26-16(18)24)17(25-2)15-9(21-15)5-22(17)13(10)14(7)23/h8-9,15,21,23H,3-6H2,1-2H3,(H2,18,24)/t8-,9+,15+,17-/m1/s1. The number of primary amides is 1. The number of anilines is 1. The predicted octanol–water partition coefficient (Wildman–Crippen LogP) is -1.35. The Labute approximate surface area is 149 Å². The summed E-state index contributed by atoms with van der Waals surface area (Å²) in [6.07, 6.45) is -0.832. The maximum atomic E-state index is 11.3. The van der Waals surface area contributed by atoms with Crippen molar-refractivity contribution < 1.29 is 19.4 Å². The fraction of sp³-hybridized carbons (Fsp3) is 0.588. The molecule has 4 atom stereocenters. The van der Waals surface area contributed by atoms with E-state index in [0.29, 0.717) is 25.0 Å². The maximum absolute atomic E-state index is 11.3. The number of carbonyl (C=O) groups excluding carboxylic acids is 1. The molecule has 1 amide bonds. The topological polar surface area (TPSA) is 132 Å². The van der Waals surface area contributed by atoms with E-state index in [-0.39, 0.29) is 30.4 Å². The summed E-state index contributed by atoms with van der Waals surface area (Å²) < 4.78 is 11.2. The van der Waals surface area contributed by atoms with E-state index in [1.807, 2.05) is 6.92 Å². The number of benzene rings is 1. The number of ether oxygens (including phenoxy) is 2. The molecule has 4 heterocycles. The highest BCUT2D eigenvalue weighted by Gasteiger charge is 2.71. The van der Waals surface area contributed by atoms with Gasteiger partial charge in [0.25, 0.3) is 0 Å². The highest BCUT2D eigenvalue weighted by atomic mass is 16.6. The van der Waals surface area contributed by atoms with Gasteiger partial charge in [-0.05, 0) is 6.92 Å². The zero-order chi connectivity index (χ0) is 18.2. The van der Waals surface area contributed by atoms with Crippen LogP contribution >= 0.6 is 0 Å². The number of phenolic OH excluding ortho intramolecular Hbond substituents is 1. The molecule has 2 fully saturated rings. The van der Waals surface area contributed by atoms with Crippen molar-refractivity contribution in [3.63, 3.8) is 0 Å². The first kappa shape index (κ1) is 15.8. The molecule has 0 spiro atoms. The summed E-state index contributed by atoms with van der Waals surface area (Å²) in [7, 11) is 1.65. The highest BCUT2D eigenvalue weighted by Crippen LogP contribution is 2.58. The molecule has 138 valence electrons. The molecule has 0 aliphatic carbocycles. The number of hydrogen-bond acceptors (Lipinski definition) is 8. The molecular weight excluding hydrogens is 338 g/mol. The van der Waals surface area contributed by atoms with Gasteiger partial charge in [-0.3, -0.25) is 9.98 Å². The van der Waals surface area contributed by atoms with Crippen LogP contribution in [0.2, 0.25) is 0 Å². The number of methoxy groups -OCH3 is 1. The number of rotatable bonds is 3. The van der Waals surface area contributed by atoms with Crippen molar-refractivity contribution in [2.24, 2.45) is 15.7 Å². The molecule has 5 rings (SSSR count). The molecule has 0 saturated carbocycles. The summed E-state index contributed by atoms with van der Waals surface area (Å²) in [6.45, 7) is 3.82. The van der Waals surface area contributed by atoms with Crippen LogP contribution in [0.4, 0.5) is 10.5 Å². The molecule has 9 nitrogen and oxygen atoms in total. The molecule has 4 N–H and O–H groups in total. The lowest BCUT2D eigenvalue weighted by atomic mass is 9.88. The van der Waals surface area contributed by atoms with Gasteiger partial charge in [0.1, 0.15) is 12.4 Å². The predicted molar refractivity (Wildman–Crippen MR) is 91.0 cm³/mol. The first-order valence-electron chi connectivity index (χ1n) is 8.76. The second-order valence-electron chi connectivity index (χ2n) is 7.20. The first-order chi connectivity index (χ1) is 12.5. The lowest BCUT2D eigenvalue weighted by Gasteiger charge is -2.38. The molecule has 1 aromatic carbocycles. The molecule has 9 heteroatoms. The first-order valence-corrected chi connectivity index (χ1v) is 8.76. The van der Waals surface area contributed by atoms with Gasteiger partial charge >= 0.3 is 6.09 Å². The fourth-order valence-corrected chi connectivity index (χ4v) is 4.99. The molecule has 26 heavy (non-hydrogen) atoms. The summed E-state index contributed by atoms with van der Waals surface area (Å²) in [5.41, 5.74) is 6.76. The van der Waals surface area contributed by atoms with Gasteiger partial charge in [0.2, 0.25) is 0 Å². The number of piperazine rings is 1. The number of fused-ring (bicyclic) bond motifs is 7. The van der Waals surface area contributed by atoms with E-state index in [1.165, 1.54) is 0 Å². The molecular formula is C17H21N5O4.